The van der Waals surface area contributed by atoms with Crippen LogP contribution in [0.5, 0.6) is 0 Å². The second-order valence-electron chi connectivity index (χ2n) is 3.10. The van der Waals surface area contributed by atoms with E-state index in [1.54, 1.807) is 0 Å². The van der Waals surface area contributed by atoms with Crippen LogP contribution in [-0.2, 0) is 4.74 Å². The van der Waals surface area contributed by atoms with Crippen LogP contribution in [-0.4, -0.2) is 24.3 Å². The quantitative estimate of drug-likeness (QED) is 0.604. The molecule has 4 nitrogen and oxygen atoms in total. The lowest BCUT2D eigenvalue weighted by Gasteiger charge is -2.08. The van der Waals surface area contributed by atoms with Crippen LogP contribution in [0.15, 0.2) is 0 Å². The maximum absolute atomic E-state index is 10.9. The number of hydrogen-bond acceptors (Lipinski definition) is 3. The van der Waals surface area contributed by atoms with E-state index in [2.05, 4.69) is 5.32 Å². The predicted molar refractivity (Wildman–Crippen MR) is 41.1 cm³/mol. The highest BCUT2D eigenvalue weighted by atomic mass is 16.6. The van der Waals surface area contributed by atoms with Gasteiger partial charge in [0.05, 0.1) is 6.10 Å². The molecular formula is C7H14N2O2. The van der Waals surface area contributed by atoms with Crippen molar-refractivity contribution in [2.45, 2.75) is 38.5 Å². The summed E-state index contributed by atoms with van der Waals surface area (Å²) in [5.74, 6) is 0. The molecule has 1 fully saturated rings. The van der Waals surface area contributed by atoms with E-state index in [0.717, 1.165) is 6.42 Å². The van der Waals surface area contributed by atoms with Crippen molar-refractivity contribution < 1.29 is 9.53 Å². The average molecular weight is 158 g/mol. The first-order valence-corrected chi connectivity index (χ1v) is 3.82. The molecule has 0 saturated heterocycles. The predicted octanol–water partition coefficient (Wildman–Crippen LogP) is 0.221. The lowest BCUT2D eigenvalue weighted by Crippen LogP contribution is -2.31. The average Bonchev–Trinajstić information content (AvgIpc) is 2.43. The second-order valence-corrected chi connectivity index (χ2v) is 3.10. The first-order chi connectivity index (χ1) is 5.09. The van der Waals surface area contributed by atoms with Gasteiger partial charge in [0.15, 0.2) is 0 Å². The van der Waals surface area contributed by atoms with Crippen molar-refractivity contribution in [1.82, 2.24) is 5.32 Å². The van der Waals surface area contributed by atoms with Gasteiger partial charge in [0.25, 0.3) is 0 Å². The summed E-state index contributed by atoms with van der Waals surface area (Å²) in [5.41, 5.74) is 5.48. The monoisotopic (exact) mass is 158 g/mol. The molecule has 0 spiro atoms. The summed E-state index contributed by atoms with van der Waals surface area (Å²) >= 11 is 0. The van der Waals surface area contributed by atoms with E-state index in [1.165, 1.54) is 0 Å². The molecule has 4 heteroatoms. The van der Waals surface area contributed by atoms with Gasteiger partial charge in [-0.25, -0.2) is 4.79 Å². The maximum Gasteiger partial charge on any atom is 0.407 e. The van der Waals surface area contributed by atoms with E-state index in [4.69, 9.17) is 10.5 Å². The summed E-state index contributed by atoms with van der Waals surface area (Å²) in [6.45, 7) is 3.62. The molecule has 1 saturated carbocycles. The fourth-order valence-electron chi connectivity index (χ4n) is 0.780. The van der Waals surface area contributed by atoms with Gasteiger partial charge in [-0.3, -0.25) is 0 Å². The Labute approximate surface area is 66.1 Å². The summed E-state index contributed by atoms with van der Waals surface area (Å²) < 4.78 is 4.84. The van der Waals surface area contributed by atoms with Crippen LogP contribution in [0, 0.1) is 0 Å². The fourth-order valence-corrected chi connectivity index (χ4v) is 0.780. The molecule has 2 atom stereocenters. The van der Waals surface area contributed by atoms with Crippen molar-refractivity contribution in [3.8, 4) is 0 Å². The third-order valence-corrected chi connectivity index (χ3v) is 1.49. The summed E-state index contributed by atoms with van der Waals surface area (Å²) in [6.07, 6.45) is 0.440. The van der Waals surface area contributed by atoms with Crippen LogP contribution < -0.4 is 11.1 Å². The van der Waals surface area contributed by atoms with Crippen molar-refractivity contribution >= 4 is 6.09 Å². The highest BCUT2D eigenvalue weighted by Gasteiger charge is 2.35. The Bertz CT molecular complexity index is 159. The molecule has 0 aliphatic heterocycles. The number of rotatable bonds is 2. The Morgan fingerprint density at radius 1 is 1.73 bits per heavy atom. The molecule has 0 aromatic heterocycles. The molecule has 2 unspecified atom stereocenters. The van der Waals surface area contributed by atoms with E-state index >= 15 is 0 Å². The molecule has 11 heavy (non-hydrogen) atoms. The van der Waals surface area contributed by atoms with E-state index in [9.17, 15) is 4.79 Å². The number of alkyl carbamates (subject to hydrolysis) is 1. The van der Waals surface area contributed by atoms with Gasteiger partial charge in [0, 0.05) is 12.1 Å². The summed E-state index contributed by atoms with van der Waals surface area (Å²) in [7, 11) is 0. The Hall–Kier alpha value is -0.770. The first kappa shape index (κ1) is 8.33. The third-order valence-electron chi connectivity index (χ3n) is 1.49. The van der Waals surface area contributed by atoms with Crippen molar-refractivity contribution in [3.05, 3.63) is 0 Å². The topological polar surface area (TPSA) is 64.3 Å². The van der Waals surface area contributed by atoms with Gasteiger partial charge >= 0.3 is 6.09 Å². The van der Waals surface area contributed by atoms with Gasteiger partial charge in [-0.05, 0) is 20.3 Å². The van der Waals surface area contributed by atoms with Crippen molar-refractivity contribution in [1.29, 1.82) is 0 Å². The Balaban J connectivity index is 2.11. The van der Waals surface area contributed by atoms with Crippen LogP contribution in [0.25, 0.3) is 0 Å². The number of hydrogen-bond donors (Lipinski definition) is 2. The summed E-state index contributed by atoms with van der Waals surface area (Å²) in [6, 6.07) is 0.274. The minimum atomic E-state index is -0.363. The number of carbonyl (C=O) groups excluding carboxylic acids is 1. The Kier molecular flexibility index (Phi) is 2.34. The molecule has 1 rings (SSSR count). The van der Waals surface area contributed by atoms with Crippen molar-refractivity contribution in [2.75, 3.05) is 0 Å². The molecular weight excluding hydrogens is 144 g/mol. The van der Waals surface area contributed by atoms with Crippen LogP contribution in [0.1, 0.15) is 20.3 Å². The number of amides is 1. The first-order valence-electron chi connectivity index (χ1n) is 3.82. The Morgan fingerprint density at radius 2 is 2.27 bits per heavy atom. The van der Waals surface area contributed by atoms with E-state index < -0.39 is 0 Å². The van der Waals surface area contributed by atoms with Gasteiger partial charge in [0.1, 0.15) is 0 Å². The molecule has 0 aromatic carbocycles. The highest BCUT2D eigenvalue weighted by molar-refractivity contribution is 5.68. The number of nitrogens with two attached hydrogens (primary N) is 1. The molecule has 1 aliphatic rings. The lowest BCUT2D eigenvalue weighted by molar-refractivity contribution is 0.115. The minimum absolute atomic E-state index is 0.0648. The zero-order valence-electron chi connectivity index (χ0n) is 6.83. The normalized spacial score (nSPS) is 28.4. The van der Waals surface area contributed by atoms with E-state index in [1.807, 2.05) is 13.8 Å². The van der Waals surface area contributed by atoms with E-state index in [-0.39, 0.29) is 24.3 Å². The molecule has 0 radical (unpaired) electrons. The molecule has 0 aromatic rings. The second kappa shape index (κ2) is 3.09. The van der Waals surface area contributed by atoms with Gasteiger partial charge < -0.3 is 15.8 Å². The summed E-state index contributed by atoms with van der Waals surface area (Å²) in [5, 5.41) is 2.65. The maximum atomic E-state index is 10.9. The molecule has 1 aliphatic carbocycles. The lowest BCUT2D eigenvalue weighted by atomic mass is 10.5. The van der Waals surface area contributed by atoms with Gasteiger partial charge in [-0.2, -0.15) is 0 Å². The molecule has 64 valence electrons. The SMILES string of the molecule is CC(C)OC(=O)NC1CC1N. The number of ether oxygens (including phenoxy) is 1. The molecule has 1 amide bonds. The molecule has 3 N–H and O–H groups in total. The smallest absolute Gasteiger partial charge is 0.407 e. The minimum Gasteiger partial charge on any atom is -0.447 e. The zero-order chi connectivity index (χ0) is 8.43. The number of carbonyl (C=O) groups is 1. The van der Waals surface area contributed by atoms with Gasteiger partial charge in [-0.1, -0.05) is 0 Å². The van der Waals surface area contributed by atoms with Crippen LogP contribution in [0.3, 0.4) is 0 Å². The van der Waals surface area contributed by atoms with E-state index in [0.29, 0.717) is 0 Å². The Morgan fingerprint density at radius 3 is 2.64 bits per heavy atom. The standard InChI is InChI=1S/C7H14N2O2/c1-4(2)11-7(10)9-6-3-5(6)8/h4-6H,3,8H2,1-2H3,(H,9,10). The largest absolute Gasteiger partial charge is 0.447 e. The zero-order valence-corrected chi connectivity index (χ0v) is 6.83. The molecule has 0 heterocycles. The van der Waals surface area contributed by atoms with Crippen molar-refractivity contribution in [3.63, 3.8) is 0 Å². The van der Waals surface area contributed by atoms with Crippen LogP contribution in [0.4, 0.5) is 4.79 Å². The van der Waals surface area contributed by atoms with Gasteiger partial charge in [-0.15, -0.1) is 0 Å². The number of nitrogens with one attached hydrogen (secondary N) is 1. The fraction of sp³-hybridized carbons (Fsp3) is 0.857. The molecule has 0 bridgehead atoms. The van der Waals surface area contributed by atoms with Gasteiger partial charge in [0.2, 0.25) is 0 Å². The third kappa shape index (κ3) is 2.76. The van der Waals surface area contributed by atoms with Crippen LogP contribution in [0.2, 0.25) is 0 Å². The van der Waals surface area contributed by atoms with Crippen molar-refractivity contribution in [2.24, 2.45) is 5.73 Å². The van der Waals surface area contributed by atoms with Crippen LogP contribution >= 0.6 is 0 Å². The summed E-state index contributed by atoms with van der Waals surface area (Å²) in [4.78, 5) is 10.9. The highest BCUT2D eigenvalue weighted by Crippen LogP contribution is 2.17.